The Hall–Kier alpha value is -4.77. The molecule has 3 N–H and O–H groups in total. The van der Waals surface area contributed by atoms with E-state index in [1.807, 2.05) is 92.0 Å². The van der Waals surface area contributed by atoms with Crippen LogP contribution in [0.5, 0.6) is 0 Å². The van der Waals surface area contributed by atoms with Gasteiger partial charge in [-0.05, 0) is 54.9 Å². The van der Waals surface area contributed by atoms with Gasteiger partial charge in [0.05, 0.1) is 22.9 Å². The van der Waals surface area contributed by atoms with Crippen molar-refractivity contribution >= 4 is 29.4 Å². The number of alkyl carbamates (subject to hydrolysis) is 1. The molecule has 0 fully saturated rings. The minimum Gasteiger partial charge on any atom is -0.443 e. The van der Waals surface area contributed by atoms with Crippen molar-refractivity contribution in [2.24, 2.45) is 5.92 Å². The van der Waals surface area contributed by atoms with Crippen LogP contribution in [0.2, 0.25) is 0 Å². The van der Waals surface area contributed by atoms with Gasteiger partial charge in [-0.15, -0.1) is 11.3 Å². The molecular formula is C39H50N6O4S. The molecule has 0 saturated carbocycles. The standard InChI is InChI=1S/C39H50N6O4S/c1-27(2)35(44-38(47)45(5)24-34-26-50-37(42-34)28(3)4)36(46)41-31(22-29-14-8-6-9-15-29)19-20-32(23-30-16-10-7-11-17-30)43-39(48)49-25-33-18-12-13-21-40-33/h6-18,21,26-28,31-32,35H,19-20,22-25H2,1-5H3,(H,41,46)(H,43,48)(H,44,47). The molecule has 11 heteroatoms. The number of amides is 4. The molecule has 3 unspecified atom stereocenters. The van der Waals surface area contributed by atoms with Crippen LogP contribution in [0, 0.1) is 5.92 Å². The molecule has 4 rings (SSSR count). The summed E-state index contributed by atoms with van der Waals surface area (Å²) in [7, 11) is 1.71. The third-order valence-corrected chi connectivity index (χ3v) is 9.49. The molecule has 4 aromatic rings. The predicted octanol–water partition coefficient (Wildman–Crippen LogP) is 6.87. The Morgan fingerprint density at radius 1 is 0.780 bits per heavy atom. The van der Waals surface area contributed by atoms with E-state index in [9.17, 15) is 14.4 Å². The molecule has 0 aliphatic carbocycles. The van der Waals surface area contributed by atoms with E-state index in [2.05, 4.69) is 39.8 Å². The fourth-order valence-electron chi connectivity index (χ4n) is 5.53. The molecule has 0 radical (unpaired) electrons. The van der Waals surface area contributed by atoms with Crippen LogP contribution < -0.4 is 16.0 Å². The molecule has 0 saturated heterocycles. The Labute approximate surface area is 300 Å². The molecular weight excluding hydrogens is 649 g/mol. The molecule has 0 aliphatic rings. The summed E-state index contributed by atoms with van der Waals surface area (Å²) in [5, 5.41) is 12.2. The average Bonchev–Trinajstić information content (AvgIpc) is 3.58. The highest BCUT2D eigenvalue weighted by atomic mass is 32.1. The van der Waals surface area contributed by atoms with E-state index < -0.39 is 12.1 Å². The molecule has 0 spiro atoms. The number of benzene rings is 2. The van der Waals surface area contributed by atoms with Crippen molar-refractivity contribution in [2.45, 2.75) is 90.6 Å². The van der Waals surface area contributed by atoms with Crippen molar-refractivity contribution in [3.05, 3.63) is 118 Å². The highest BCUT2D eigenvalue weighted by Crippen LogP contribution is 2.20. The van der Waals surface area contributed by atoms with Crippen molar-refractivity contribution in [2.75, 3.05) is 7.05 Å². The number of ether oxygens (including phenoxy) is 1. The quantitative estimate of drug-likeness (QED) is 0.111. The Bertz CT molecular complexity index is 1620. The first-order valence-electron chi connectivity index (χ1n) is 17.2. The zero-order valence-corrected chi connectivity index (χ0v) is 30.5. The summed E-state index contributed by atoms with van der Waals surface area (Å²) in [5.41, 5.74) is 3.64. The highest BCUT2D eigenvalue weighted by Gasteiger charge is 2.28. The van der Waals surface area contributed by atoms with Gasteiger partial charge in [0.25, 0.3) is 0 Å². The van der Waals surface area contributed by atoms with Crippen LogP contribution in [0.1, 0.15) is 74.0 Å². The molecule has 0 bridgehead atoms. The van der Waals surface area contributed by atoms with Gasteiger partial charge in [0.15, 0.2) is 0 Å². The largest absolute Gasteiger partial charge is 0.443 e. The summed E-state index contributed by atoms with van der Waals surface area (Å²) in [6, 6.07) is 23.8. The van der Waals surface area contributed by atoms with E-state index >= 15 is 0 Å². The Kier molecular flexibility index (Phi) is 14.8. The van der Waals surface area contributed by atoms with Gasteiger partial charge in [0.2, 0.25) is 5.91 Å². The molecule has 2 aromatic carbocycles. The first-order chi connectivity index (χ1) is 24.1. The number of nitrogens with zero attached hydrogens (tertiary/aromatic N) is 3. The van der Waals surface area contributed by atoms with E-state index in [1.165, 1.54) is 0 Å². The molecule has 4 amide bonds. The maximum Gasteiger partial charge on any atom is 0.407 e. The SMILES string of the molecule is CC(C)c1nc(CN(C)C(=O)NC(C(=O)NC(CCC(Cc2ccccc2)NC(=O)OCc2ccccn2)Cc2ccccc2)C(C)C)cs1. The number of hydrogen-bond donors (Lipinski definition) is 3. The number of rotatable bonds is 17. The van der Waals surface area contributed by atoms with Crippen LogP contribution in [0.4, 0.5) is 9.59 Å². The van der Waals surface area contributed by atoms with Crippen LogP contribution in [0.15, 0.2) is 90.4 Å². The molecule has 10 nitrogen and oxygen atoms in total. The zero-order chi connectivity index (χ0) is 35.9. The molecule has 2 aromatic heterocycles. The van der Waals surface area contributed by atoms with Gasteiger partial charge in [0, 0.05) is 36.6 Å². The highest BCUT2D eigenvalue weighted by molar-refractivity contribution is 7.09. The molecule has 50 heavy (non-hydrogen) atoms. The topological polar surface area (TPSA) is 126 Å². The second-order valence-corrected chi connectivity index (χ2v) is 14.1. The summed E-state index contributed by atoms with van der Waals surface area (Å²) in [4.78, 5) is 50.5. The van der Waals surface area contributed by atoms with Gasteiger partial charge in [-0.2, -0.15) is 0 Å². The molecule has 266 valence electrons. The average molecular weight is 699 g/mol. The first kappa shape index (κ1) is 38.0. The Morgan fingerprint density at radius 2 is 1.38 bits per heavy atom. The monoisotopic (exact) mass is 698 g/mol. The van der Waals surface area contributed by atoms with Crippen LogP contribution >= 0.6 is 11.3 Å². The van der Waals surface area contributed by atoms with Gasteiger partial charge in [-0.3, -0.25) is 9.78 Å². The number of hydrogen-bond acceptors (Lipinski definition) is 7. The maximum absolute atomic E-state index is 13.9. The van der Waals surface area contributed by atoms with Crippen molar-refractivity contribution < 1.29 is 19.1 Å². The normalized spacial score (nSPS) is 12.9. The lowest BCUT2D eigenvalue weighted by Gasteiger charge is -2.28. The number of carbonyl (C=O) groups excluding carboxylic acids is 3. The van der Waals surface area contributed by atoms with Crippen molar-refractivity contribution in [1.82, 2.24) is 30.8 Å². The number of aromatic nitrogens is 2. The number of pyridine rings is 1. The lowest BCUT2D eigenvalue weighted by atomic mass is 9.95. The number of carbonyl (C=O) groups is 3. The zero-order valence-electron chi connectivity index (χ0n) is 29.7. The van der Waals surface area contributed by atoms with Crippen LogP contribution in [-0.2, 0) is 35.5 Å². The number of nitrogens with one attached hydrogen (secondary N) is 3. The van der Waals surface area contributed by atoms with Crippen LogP contribution in [0.25, 0.3) is 0 Å². The number of urea groups is 1. The maximum atomic E-state index is 13.9. The number of thiazole rings is 1. The van der Waals surface area contributed by atoms with Gasteiger partial charge >= 0.3 is 12.1 Å². The van der Waals surface area contributed by atoms with E-state index in [0.717, 1.165) is 21.8 Å². The lowest BCUT2D eigenvalue weighted by molar-refractivity contribution is -0.124. The second-order valence-electron chi connectivity index (χ2n) is 13.3. The third kappa shape index (κ3) is 12.6. The first-order valence-corrected chi connectivity index (χ1v) is 18.1. The predicted molar refractivity (Wildman–Crippen MR) is 198 cm³/mol. The van der Waals surface area contributed by atoms with Gasteiger partial charge in [0.1, 0.15) is 12.6 Å². The molecule has 0 aliphatic heterocycles. The van der Waals surface area contributed by atoms with Gasteiger partial charge in [-0.25, -0.2) is 14.6 Å². The summed E-state index contributed by atoms with van der Waals surface area (Å²) in [6.07, 6.45) is 3.49. The van der Waals surface area contributed by atoms with E-state index in [0.29, 0.717) is 43.8 Å². The Balaban J connectivity index is 1.43. The second kappa shape index (κ2) is 19.4. The van der Waals surface area contributed by atoms with Crippen molar-refractivity contribution in [3.63, 3.8) is 0 Å². The van der Waals surface area contributed by atoms with Crippen molar-refractivity contribution in [3.8, 4) is 0 Å². The van der Waals surface area contributed by atoms with E-state index in [1.54, 1.807) is 35.5 Å². The van der Waals surface area contributed by atoms with E-state index in [4.69, 9.17) is 4.74 Å². The summed E-state index contributed by atoms with van der Waals surface area (Å²) < 4.78 is 5.50. The van der Waals surface area contributed by atoms with Crippen LogP contribution in [0.3, 0.4) is 0 Å². The van der Waals surface area contributed by atoms with Gasteiger partial charge < -0.3 is 25.6 Å². The lowest BCUT2D eigenvalue weighted by Crippen LogP contribution is -2.54. The smallest absolute Gasteiger partial charge is 0.407 e. The Morgan fingerprint density at radius 3 is 1.92 bits per heavy atom. The summed E-state index contributed by atoms with van der Waals surface area (Å²) in [6.45, 7) is 8.44. The fraction of sp³-hybridized carbons (Fsp3) is 0.410. The summed E-state index contributed by atoms with van der Waals surface area (Å²) in [5.74, 6) is -0.0835. The van der Waals surface area contributed by atoms with Crippen LogP contribution in [-0.4, -0.2) is 58.1 Å². The minimum absolute atomic E-state index is 0.0671. The van der Waals surface area contributed by atoms with Gasteiger partial charge in [-0.1, -0.05) is 94.4 Å². The van der Waals surface area contributed by atoms with E-state index in [-0.39, 0.29) is 36.5 Å². The molecule has 3 atom stereocenters. The third-order valence-electron chi connectivity index (χ3n) is 8.30. The minimum atomic E-state index is -0.746. The van der Waals surface area contributed by atoms with Crippen molar-refractivity contribution in [1.29, 1.82) is 0 Å². The molecule has 2 heterocycles. The fourth-order valence-corrected chi connectivity index (χ4v) is 6.35. The summed E-state index contributed by atoms with van der Waals surface area (Å²) >= 11 is 1.59.